The molecule has 0 saturated carbocycles. The number of nitrogens with one attached hydrogen (secondary N) is 1. The molecule has 1 fully saturated rings. The van der Waals surface area contributed by atoms with Gasteiger partial charge in [-0.15, -0.1) is 11.3 Å². The van der Waals surface area contributed by atoms with Crippen molar-refractivity contribution in [3.8, 4) is 0 Å². The van der Waals surface area contributed by atoms with Crippen LogP contribution in [0.25, 0.3) is 0 Å². The summed E-state index contributed by atoms with van der Waals surface area (Å²) in [5.41, 5.74) is 1.26. The molecular formula is C29H39ClFN5O3S. The van der Waals surface area contributed by atoms with Crippen molar-refractivity contribution >= 4 is 40.6 Å². The molecule has 1 amide bonds. The lowest BCUT2D eigenvalue weighted by atomic mass is 9.95. The maximum Gasteiger partial charge on any atom is 0.338 e. The average molecular weight is 592 g/mol. The molecule has 0 unspecified atom stereocenters. The molecule has 3 heterocycles. The summed E-state index contributed by atoms with van der Waals surface area (Å²) in [5, 5.41) is 5.70. The number of benzene rings is 1. The molecule has 0 spiro atoms. The standard InChI is InChI=1S/C25H29ClFN5O3S.C4H10/c1-4-16-13-31(10-11-32(16)15(3)33)14-19-20(25(34)35-5-2)22(17-7-6-8-18(27)21(17)26)30-23(29-19)24-28-9-12-36-24;1-4(2)3/h6-9,12,16,22H,4-5,10-11,13-14H2,1-3H3,(H,29,30);4H,1-3H3/t16-,22+;/m1./s1. The molecule has 40 heavy (non-hydrogen) atoms. The van der Waals surface area contributed by atoms with Gasteiger partial charge < -0.3 is 15.0 Å². The predicted molar refractivity (Wildman–Crippen MR) is 158 cm³/mol. The molecule has 218 valence electrons. The fraction of sp³-hybridized carbons (Fsp3) is 0.517. The molecule has 8 nitrogen and oxygen atoms in total. The monoisotopic (exact) mass is 591 g/mol. The van der Waals surface area contributed by atoms with Crippen LogP contribution >= 0.6 is 22.9 Å². The van der Waals surface area contributed by atoms with E-state index in [2.05, 4.69) is 42.9 Å². The lowest BCUT2D eigenvalue weighted by Crippen LogP contribution is -2.55. The van der Waals surface area contributed by atoms with Crippen molar-refractivity contribution in [2.24, 2.45) is 10.9 Å². The van der Waals surface area contributed by atoms with E-state index in [4.69, 9.17) is 21.3 Å². The summed E-state index contributed by atoms with van der Waals surface area (Å²) in [7, 11) is 0. The van der Waals surface area contributed by atoms with E-state index in [1.165, 1.54) is 17.4 Å². The Hall–Kier alpha value is -2.82. The molecule has 0 radical (unpaired) electrons. The van der Waals surface area contributed by atoms with E-state index in [1.54, 1.807) is 32.2 Å². The zero-order valence-corrected chi connectivity index (χ0v) is 25.6. The normalized spacial score (nSPS) is 19.5. The van der Waals surface area contributed by atoms with Crippen LogP contribution < -0.4 is 5.32 Å². The molecule has 2 aliphatic heterocycles. The molecular weight excluding hydrogens is 553 g/mol. The third-order valence-electron chi connectivity index (χ3n) is 6.36. The summed E-state index contributed by atoms with van der Waals surface area (Å²) in [6, 6.07) is 3.69. The highest BCUT2D eigenvalue weighted by Crippen LogP contribution is 2.37. The molecule has 2 aromatic rings. The van der Waals surface area contributed by atoms with E-state index in [0.29, 0.717) is 48.3 Å². The fourth-order valence-electron chi connectivity index (χ4n) is 4.63. The van der Waals surface area contributed by atoms with Crippen LogP contribution in [0.2, 0.25) is 5.02 Å². The summed E-state index contributed by atoms with van der Waals surface area (Å²) in [4.78, 5) is 38.6. The smallest absolute Gasteiger partial charge is 0.338 e. The van der Waals surface area contributed by atoms with Crippen molar-refractivity contribution in [1.29, 1.82) is 0 Å². The Morgan fingerprint density at radius 1 is 1.25 bits per heavy atom. The number of nitrogens with zero attached hydrogens (tertiary/aromatic N) is 4. The number of halogens is 2. The first kappa shape index (κ1) is 31.7. The van der Waals surface area contributed by atoms with Crippen molar-refractivity contribution < 1.29 is 18.7 Å². The van der Waals surface area contributed by atoms with Crippen molar-refractivity contribution in [2.75, 3.05) is 32.8 Å². The summed E-state index contributed by atoms with van der Waals surface area (Å²) in [6.45, 7) is 14.4. The number of hydrogen-bond donors (Lipinski definition) is 1. The topological polar surface area (TPSA) is 87.1 Å². The summed E-state index contributed by atoms with van der Waals surface area (Å²) in [5.74, 6) is 0.242. The van der Waals surface area contributed by atoms with Gasteiger partial charge in [0.15, 0.2) is 10.8 Å². The lowest BCUT2D eigenvalue weighted by molar-refractivity contribution is -0.139. The van der Waals surface area contributed by atoms with Crippen LogP contribution in [0, 0.1) is 11.7 Å². The zero-order chi connectivity index (χ0) is 29.4. The number of aromatic nitrogens is 1. The second kappa shape index (κ2) is 14.7. The second-order valence-corrected chi connectivity index (χ2v) is 11.6. The molecule has 0 aliphatic carbocycles. The first-order chi connectivity index (χ1) is 19.1. The Balaban J connectivity index is 0.00000103. The van der Waals surface area contributed by atoms with E-state index < -0.39 is 17.8 Å². The first-order valence-corrected chi connectivity index (χ1v) is 14.9. The number of aliphatic imine (C=N–C) groups is 1. The van der Waals surface area contributed by atoms with Crippen LogP contribution in [0.15, 0.2) is 46.0 Å². The third kappa shape index (κ3) is 7.89. The van der Waals surface area contributed by atoms with Crippen LogP contribution in [0.5, 0.6) is 0 Å². The van der Waals surface area contributed by atoms with Gasteiger partial charge >= 0.3 is 5.97 Å². The summed E-state index contributed by atoms with van der Waals surface area (Å²) < 4.78 is 19.9. The number of carbonyl (C=O) groups is 2. The zero-order valence-electron chi connectivity index (χ0n) is 24.0. The largest absolute Gasteiger partial charge is 0.463 e. The molecule has 2 aliphatic rings. The van der Waals surface area contributed by atoms with Crippen molar-refractivity contribution in [3.63, 3.8) is 0 Å². The molecule has 1 aromatic carbocycles. The average Bonchev–Trinajstić information content (AvgIpc) is 3.44. The van der Waals surface area contributed by atoms with Gasteiger partial charge in [0, 0.05) is 62.0 Å². The molecule has 1 aromatic heterocycles. The van der Waals surface area contributed by atoms with E-state index >= 15 is 0 Å². The third-order valence-corrected chi connectivity index (χ3v) is 7.54. The fourth-order valence-corrected chi connectivity index (χ4v) is 5.44. The van der Waals surface area contributed by atoms with Crippen LogP contribution in [0.3, 0.4) is 0 Å². The number of esters is 1. The van der Waals surface area contributed by atoms with Crippen LogP contribution in [-0.4, -0.2) is 71.3 Å². The lowest BCUT2D eigenvalue weighted by Gasteiger charge is -2.41. The van der Waals surface area contributed by atoms with Crippen molar-refractivity contribution in [3.05, 3.63) is 62.5 Å². The highest BCUT2D eigenvalue weighted by molar-refractivity contribution is 7.11. The SMILES string of the molecule is CC(C)C.CCOC(=O)C1=C(CN2CCN(C(C)=O)[C@H](CC)C2)NC(c2nccs2)=N[C@H]1c1cccc(F)c1Cl. The minimum absolute atomic E-state index is 0.0581. The summed E-state index contributed by atoms with van der Waals surface area (Å²) >= 11 is 7.77. The molecule has 11 heteroatoms. The predicted octanol–water partition coefficient (Wildman–Crippen LogP) is 5.45. The Morgan fingerprint density at radius 2 is 1.98 bits per heavy atom. The van der Waals surface area contributed by atoms with Gasteiger partial charge in [-0.1, -0.05) is 51.4 Å². The van der Waals surface area contributed by atoms with Gasteiger partial charge in [0.25, 0.3) is 0 Å². The van der Waals surface area contributed by atoms with Gasteiger partial charge in [-0.25, -0.2) is 14.2 Å². The number of rotatable bonds is 7. The Morgan fingerprint density at radius 3 is 2.58 bits per heavy atom. The molecule has 0 bridgehead atoms. The minimum atomic E-state index is -0.872. The van der Waals surface area contributed by atoms with Crippen LogP contribution in [-0.2, 0) is 14.3 Å². The van der Waals surface area contributed by atoms with Crippen LogP contribution in [0.4, 0.5) is 4.39 Å². The Labute approximate surface area is 245 Å². The van der Waals surface area contributed by atoms with Gasteiger partial charge in [-0.2, -0.15) is 0 Å². The number of ether oxygens (including phenoxy) is 1. The van der Waals surface area contributed by atoms with Gasteiger partial charge in [-0.3, -0.25) is 14.7 Å². The second-order valence-electron chi connectivity index (χ2n) is 10.3. The van der Waals surface area contributed by atoms with E-state index in [0.717, 1.165) is 12.3 Å². The Bertz CT molecular complexity index is 1230. The Kier molecular flexibility index (Phi) is 11.7. The minimum Gasteiger partial charge on any atom is -0.463 e. The molecule has 4 rings (SSSR count). The highest BCUT2D eigenvalue weighted by Gasteiger charge is 2.36. The van der Waals surface area contributed by atoms with E-state index in [1.807, 2.05) is 10.3 Å². The maximum absolute atomic E-state index is 14.5. The number of thiazole rings is 1. The number of amides is 1. The molecule has 1 N–H and O–H groups in total. The van der Waals surface area contributed by atoms with Crippen LogP contribution in [0.1, 0.15) is 64.6 Å². The van der Waals surface area contributed by atoms with Crippen molar-refractivity contribution in [2.45, 2.75) is 60.0 Å². The van der Waals surface area contributed by atoms with E-state index in [-0.39, 0.29) is 29.2 Å². The first-order valence-electron chi connectivity index (χ1n) is 13.7. The van der Waals surface area contributed by atoms with Gasteiger partial charge in [0.2, 0.25) is 5.91 Å². The number of hydrogen-bond acceptors (Lipinski definition) is 8. The van der Waals surface area contributed by atoms with Gasteiger partial charge in [0.05, 0.1) is 17.2 Å². The quantitative estimate of drug-likeness (QED) is 0.431. The summed E-state index contributed by atoms with van der Waals surface area (Å²) in [6.07, 6.45) is 2.49. The highest BCUT2D eigenvalue weighted by atomic mass is 35.5. The van der Waals surface area contributed by atoms with Crippen molar-refractivity contribution in [1.82, 2.24) is 20.1 Å². The van der Waals surface area contributed by atoms with Gasteiger partial charge in [-0.05, 0) is 25.3 Å². The van der Waals surface area contributed by atoms with Gasteiger partial charge in [0.1, 0.15) is 11.9 Å². The number of piperazine rings is 1. The number of amidine groups is 1. The van der Waals surface area contributed by atoms with E-state index in [9.17, 15) is 14.0 Å². The number of carbonyl (C=O) groups excluding carboxylic acids is 2. The molecule has 1 saturated heterocycles. The molecule has 2 atom stereocenters. The maximum atomic E-state index is 14.5.